The number of hydrogen-bond donors (Lipinski definition) is 1. The number of methoxy groups -OCH3 is 1. The van der Waals surface area contributed by atoms with Gasteiger partial charge in [-0.2, -0.15) is 5.10 Å². The normalized spacial score (nSPS) is 18.0. The molecule has 0 fully saturated rings. The van der Waals surface area contributed by atoms with Gasteiger partial charge in [0.15, 0.2) is 0 Å². The summed E-state index contributed by atoms with van der Waals surface area (Å²) in [6, 6.07) is 0. The van der Waals surface area contributed by atoms with Crippen LogP contribution in [0.25, 0.3) is 0 Å². The second-order valence-electron chi connectivity index (χ2n) is 4.26. The molecule has 1 aliphatic heterocycles. The van der Waals surface area contributed by atoms with Crippen molar-refractivity contribution in [1.29, 1.82) is 0 Å². The minimum atomic E-state index is -0.304. The summed E-state index contributed by atoms with van der Waals surface area (Å²) in [5, 5.41) is 9.14. The quantitative estimate of drug-likeness (QED) is 0.808. The van der Waals surface area contributed by atoms with E-state index in [1.54, 1.807) is 6.34 Å². The molecule has 0 saturated heterocycles. The molecule has 6 heteroatoms. The fourth-order valence-electron chi connectivity index (χ4n) is 2.33. The Bertz CT molecular complexity index is 493. The highest BCUT2D eigenvalue weighted by atomic mass is 16.5. The van der Waals surface area contributed by atoms with Gasteiger partial charge in [-0.1, -0.05) is 6.92 Å². The van der Waals surface area contributed by atoms with Crippen molar-refractivity contribution in [3.8, 4) is 0 Å². The van der Waals surface area contributed by atoms with E-state index in [0.29, 0.717) is 5.69 Å². The summed E-state index contributed by atoms with van der Waals surface area (Å²) >= 11 is 0. The molecule has 1 atom stereocenters. The average molecular weight is 250 g/mol. The van der Waals surface area contributed by atoms with Crippen LogP contribution in [0.15, 0.2) is 11.3 Å². The summed E-state index contributed by atoms with van der Waals surface area (Å²) in [7, 11) is 5.15. The lowest BCUT2D eigenvalue weighted by molar-refractivity contribution is 0.0588. The molecule has 1 unspecified atom stereocenters. The van der Waals surface area contributed by atoms with E-state index in [4.69, 9.17) is 4.74 Å². The fourth-order valence-corrected chi connectivity index (χ4v) is 2.33. The van der Waals surface area contributed by atoms with Crippen molar-refractivity contribution in [3.63, 3.8) is 0 Å². The van der Waals surface area contributed by atoms with E-state index >= 15 is 0 Å². The van der Waals surface area contributed by atoms with Gasteiger partial charge in [0.25, 0.3) is 0 Å². The highest BCUT2D eigenvalue weighted by Crippen LogP contribution is 2.27. The Morgan fingerprint density at radius 3 is 2.78 bits per heavy atom. The van der Waals surface area contributed by atoms with Crippen LogP contribution in [0.2, 0.25) is 0 Å². The summed E-state index contributed by atoms with van der Waals surface area (Å²) in [5.74, 6) is -0.304. The minimum absolute atomic E-state index is 0.0236. The van der Waals surface area contributed by atoms with Gasteiger partial charge in [-0.3, -0.25) is 5.01 Å². The molecule has 0 aliphatic carbocycles. The molecule has 0 bridgehead atoms. The van der Waals surface area contributed by atoms with E-state index in [9.17, 15) is 4.79 Å². The van der Waals surface area contributed by atoms with Gasteiger partial charge in [0.05, 0.1) is 7.11 Å². The maximum atomic E-state index is 11.8. The van der Waals surface area contributed by atoms with E-state index in [-0.39, 0.29) is 12.1 Å². The lowest BCUT2D eigenvalue weighted by Gasteiger charge is -2.19. The average Bonchev–Trinajstić information content (AvgIpc) is 2.91. The van der Waals surface area contributed by atoms with Crippen LogP contribution < -0.4 is 5.32 Å². The molecule has 0 amide bonds. The number of rotatable bonds is 3. The van der Waals surface area contributed by atoms with E-state index in [0.717, 1.165) is 17.5 Å². The van der Waals surface area contributed by atoms with Gasteiger partial charge >= 0.3 is 5.97 Å². The summed E-state index contributed by atoms with van der Waals surface area (Å²) in [5.41, 5.74) is 2.66. The number of aryl methyl sites for hydroxylation is 1. The molecule has 1 aromatic heterocycles. The monoisotopic (exact) mass is 250 g/mol. The van der Waals surface area contributed by atoms with Crippen molar-refractivity contribution in [3.05, 3.63) is 23.0 Å². The van der Waals surface area contributed by atoms with Crippen LogP contribution in [0.4, 0.5) is 0 Å². The van der Waals surface area contributed by atoms with Gasteiger partial charge in [0.1, 0.15) is 18.2 Å². The molecular formula is C12H18N4O2. The Morgan fingerprint density at radius 2 is 2.28 bits per heavy atom. The van der Waals surface area contributed by atoms with Crippen molar-refractivity contribution in [2.75, 3.05) is 14.2 Å². The first kappa shape index (κ1) is 12.5. The Balaban J connectivity index is 2.46. The van der Waals surface area contributed by atoms with Gasteiger partial charge in [-0.05, 0) is 12.0 Å². The van der Waals surface area contributed by atoms with E-state index in [1.165, 1.54) is 7.11 Å². The van der Waals surface area contributed by atoms with Crippen LogP contribution in [0, 0.1) is 0 Å². The number of carbonyl (C=O) groups excluding carboxylic acids is 1. The van der Waals surface area contributed by atoms with Crippen molar-refractivity contribution < 1.29 is 9.53 Å². The first-order valence-corrected chi connectivity index (χ1v) is 5.87. The van der Waals surface area contributed by atoms with Crippen LogP contribution in [0.3, 0.4) is 0 Å². The lowest BCUT2D eigenvalue weighted by Crippen LogP contribution is -2.25. The number of aromatic nitrogens is 1. The standard InChI is InChI=1S/C12H18N4O2/c1-5-8-9(11-13-7-14-16(11)3)6-15(2)10(8)12(17)18-4/h6-7,11H,5H2,1-4H3,(H,13,14). The fraction of sp³-hybridized carbons (Fsp3) is 0.500. The van der Waals surface area contributed by atoms with E-state index in [2.05, 4.69) is 10.4 Å². The number of nitrogens with zero attached hydrogens (tertiary/aromatic N) is 3. The first-order chi connectivity index (χ1) is 8.60. The molecule has 1 aromatic rings. The smallest absolute Gasteiger partial charge is 0.354 e. The molecule has 2 heterocycles. The third-order valence-electron chi connectivity index (χ3n) is 3.19. The van der Waals surface area contributed by atoms with Crippen molar-refractivity contribution in [1.82, 2.24) is 14.9 Å². The van der Waals surface area contributed by atoms with E-state index in [1.807, 2.05) is 36.8 Å². The minimum Gasteiger partial charge on any atom is -0.464 e. The Morgan fingerprint density at radius 1 is 1.56 bits per heavy atom. The number of hydrogen-bond acceptors (Lipinski definition) is 5. The highest BCUT2D eigenvalue weighted by molar-refractivity contribution is 5.90. The van der Waals surface area contributed by atoms with Gasteiger partial charge in [-0.25, -0.2) is 4.79 Å². The molecule has 0 spiro atoms. The molecule has 1 aliphatic rings. The van der Waals surface area contributed by atoms with Gasteiger partial charge in [0, 0.05) is 25.9 Å². The molecular weight excluding hydrogens is 232 g/mol. The van der Waals surface area contributed by atoms with Crippen LogP contribution in [-0.2, 0) is 18.2 Å². The number of esters is 1. The third-order valence-corrected chi connectivity index (χ3v) is 3.19. The lowest BCUT2D eigenvalue weighted by atomic mass is 10.1. The third kappa shape index (κ3) is 1.83. The predicted octanol–water partition coefficient (Wildman–Crippen LogP) is 0.851. The molecule has 1 N–H and O–H groups in total. The second kappa shape index (κ2) is 4.72. The maximum Gasteiger partial charge on any atom is 0.354 e. The largest absolute Gasteiger partial charge is 0.464 e. The number of carbonyl (C=O) groups is 1. The molecule has 98 valence electrons. The summed E-state index contributed by atoms with van der Waals surface area (Å²) in [6.45, 7) is 2.03. The predicted molar refractivity (Wildman–Crippen MR) is 68.3 cm³/mol. The zero-order valence-corrected chi connectivity index (χ0v) is 11.1. The van der Waals surface area contributed by atoms with Gasteiger partial charge in [-0.15, -0.1) is 0 Å². The van der Waals surface area contributed by atoms with Crippen molar-refractivity contribution in [2.24, 2.45) is 12.1 Å². The topological polar surface area (TPSA) is 58.9 Å². The Hall–Kier alpha value is -1.98. The summed E-state index contributed by atoms with van der Waals surface area (Å²) < 4.78 is 6.65. The van der Waals surface area contributed by atoms with Crippen LogP contribution >= 0.6 is 0 Å². The van der Waals surface area contributed by atoms with Crippen molar-refractivity contribution >= 4 is 12.3 Å². The SMILES string of the molecule is CCc1c(C2NC=NN2C)cn(C)c1C(=O)OC. The number of ether oxygens (including phenoxy) is 1. The van der Waals surface area contributed by atoms with Crippen molar-refractivity contribution in [2.45, 2.75) is 19.5 Å². The number of nitrogens with one attached hydrogen (secondary N) is 1. The molecule has 2 rings (SSSR count). The summed E-state index contributed by atoms with van der Waals surface area (Å²) in [4.78, 5) is 11.8. The van der Waals surface area contributed by atoms with Gasteiger partial charge in [0.2, 0.25) is 0 Å². The second-order valence-corrected chi connectivity index (χ2v) is 4.26. The zero-order valence-electron chi connectivity index (χ0n) is 11.1. The molecule has 0 radical (unpaired) electrons. The Labute approximate surface area is 106 Å². The van der Waals surface area contributed by atoms with Crippen LogP contribution in [0.1, 0.15) is 34.7 Å². The number of hydrazone groups is 1. The molecule has 6 nitrogen and oxygen atoms in total. The van der Waals surface area contributed by atoms with Crippen LogP contribution in [-0.4, -0.2) is 36.0 Å². The van der Waals surface area contributed by atoms with E-state index < -0.39 is 0 Å². The first-order valence-electron chi connectivity index (χ1n) is 5.87. The molecule has 18 heavy (non-hydrogen) atoms. The molecule has 0 aromatic carbocycles. The van der Waals surface area contributed by atoms with Gasteiger partial charge < -0.3 is 14.6 Å². The highest BCUT2D eigenvalue weighted by Gasteiger charge is 2.27. The zero-order chi connectivity index (χ0) is 13.3. The maximum absolute atomic E-state index is 11.8. The Kier molecular flexibility index (Phi) is 3.27. The summed E-state index contributed by atoms with van der Waals surface area (Å²) in [6.07, 6.45) is 4.36. The van der Waals surface area contributed by atoms with Crippen LogP contribution in [0.5, 0.6) is 0 Å². The molecule has 0 saturated carbocycles.